The Hall–Kier alpha value is -2.66. The van der Waals surface area contributed by atoms with Crippen LogP contribution in [0, 0.1) is 0 Å². The van der Waals surface area contributed by atoms with Gasteiger partial charge in [-0.2, -0.15) is 0 Å². The molecule has 0 fully saturated rings. The quantitative estimate of drug-likeness (QED) is 0.0376. The molecule has 0 heterocycles. The monoisotopic (exact) mass is 837 g/mol. The Morgan fingerprint density at radius 1 is 0.400 bits per heavy atom. The minimum absolute atomic E-state index is 0.0635. The second kappa shape index (κ2) is 50.7. The number of unbranched alkanes of at least 4 members (excludes halogenated alkanes) is 26. The highest BCUT2D eigenvalue weighted by Crippen LogP contribution is 2.16. The van der Waals surface area contributed by atoms with Crippen LogP contribution in [0.25, 0.3) is 0 Å². The van der Waals surface area contributed by atoms with Crippen LogP contribution in [0.3, 0.4) is 0 Å². The minimum Gasteiger partial charge on any atom is -0.462 e. The van der Waals surface area contributed by atoms with Crippen molar-refractivity contribution in [2.24, 2.45) is 0 Å². The molecule has 5 nitrogen and oxygen atoms in total. The van der Waals surface area contributed by atoms with Gasteiger partial charge in [-0.1, -0.05) is 241 Å². The van der Waals surface area contributed by atoms with Crippen LogP contribution in [0.1, 0.15) is 245 Å². The summed E-state index contributed by atoms with van der Waals surface area (Å²) < 4.78 is 10.6. The summed E-state index contributed by atoms with van der Waals surface area (Å²) >= 11 is 0. The van der Waals surface area contributed by atoms with Crippen molar-refractivity contribution in [2.75, 3.05) is 13.2 Å². The first-order valence-corrected chi connectivity index (χ1v) is 25.5. The van der Waals surface area contributed by atoms with E-state index in [0.717, 1.165) is 77.0 Å². The largest absolute Gasteiger partial charge is 0.462 e. The number of rotatable bonds is 46. The number of aliphatic hydroxyl groups is 1. The molecule has 0 bridgehead atoms. The van der Waals surface area contributed by atoms with Gasteiger partial charge in [0.25, 0.3) is 0 Å². The normalized spacial score (nSPS) is 12.8. The SMILES string of the molecule is CC/C=C\C/C=C\C/C=C\C/C=C\C/C=C\C/C=C\CCCCCCCCCCCCCCCCCCC(=O)OC(CO)COC(=O)CCCCCCCCCCCCC. The Kier molecular flexibility index (Phi) is 48.4. The number of esters is 2. The lowest BCUT2D eigenvalue weighted by atomic mass is 10.0. The van der Waals surface area contributed by atoms with E-state index in [-0.39, 0.29) is 25.2 Å². The molecule has 60 heavy (non-hydrogen) atoms. The van der Waals surface area contributed by atoms with Crippen LogP contribution in [0.2, 0.25) is 0 Å². The van der Waals surface area contributed by atoms with Crippen molar-refractivity contribution in [2.45, 2.75) is 251 Å². The van der Waals surface area contributed by atoms with Crippen molar-refractivity contribution < 1.29 is 24.2 Å². The first-order valence-electron chi connectivity index (χ1n) is 25.5. The number of aliphatic hydroxyl groups excluding tert-OH is 1. The fourth-order valence-corrected chi connectivity index (χ4v) is 7.21. The summed E-state index contributed by atoms with van der Waals surface area (Å²) in [6.07, 6.45) is 68.7. The van der Waals surface area contributed by atoms with Crippen molar-refractivity contribution in [3.63, 3.8) is 0 Å². The van der Waals surface area contributed by atoms with Gasteiger partial charge < -0.3 is 14.6 Å². The third kappa shape index (κ3) is 48.0. The van der Waals surface area contributed by atoms with Crippen molar-refractivity contribution in [1.82, 2.24) is 0 Å². The number of hydrogen-bond donors (Lipinski definition) is 1. The summed E-state index contributed by atoms with van der Waals surface area (Å²) in [6, 6.07) is 0. The molecule has 0 aromatic heterocycles. The van der Waals surface area contributed by atoms with Gasteiger partial charge in [-0.05, 0) is 64.2 Å². The van der Waals surface area contributed by atoms with Crippen molar-refractivity contribution in [3.8, 4) is 0 Å². The maximum atomic E-state index is 12.2. The van der Waals surface area contributed by atoms with E-state index in [1.807, 2.05) is 0 Å². The van der Waals surface area contributed by atoms with Crippen LogP contribution < -0.4 is 0 Å². The molecule has 1 unspecified atom stereocenters. The molecular weight excluding hydrogens is 741 g/mol. The zero-order chi connectivity index (χ0) is 43.5. The Balaban J connectivity index is 3.46. The van der Waals surface area contributed by atoms with Gasteiger partial charge in [0.1, 0.15) is 6.61 Å². The third-order valence-corrected chi connectivity index (χ3v) is 11.0. The average Bonchev–Trinajstić information content (AvgIpc) is 3.25. The van der Waals surface area contributed by atoms with Crippen molar-refractivity contribution in [1.29, 1.82) is 0 Å². The summed E-state index contributed by atoms with van der Waals surface area (Å²) in [7, 11) is 0. The van der Waals surface area contributed by atoms with E-state index >= 15 is 0 Å². The van der Waals surface area contributed by atoms with Gasteiger partial charge in [0.2, 0.25) is 0 Å². The van der Waals surface area contributed by atoms with E-state index in [2.05, 4.69) is 86.8 Å². The predicted octanol–water partition coefficient (Wildman–Crippen LogP) is 16.9. The average molecular weight is 837 g/mol. The highest BCUT2D eigenvalue weighted by molar-refractivity contribution is 5.70. The van der Waals surface area contributed by atoms with Crippen LogP contribution in [-0.2, 0) is 19.1 Å². The maximum absolute atomic E-state index is 12.2. The molecule has 0 spiro atoms. The highest BCUT2D eigenvalue weighted by Gasteiger charge is 2.16. The molecule has 0 amide bonds. The first kappa shape index (κ1) is 57.3. The fourth-order valence-electron chi connectivity index (χ4n) is 7.21. The predicted molar refractivity (Wildman–Crippen MR) is 260 cm³/mol. The van der Waals surface area contributed by atoms with E-state index < -0.39 is 6.10 Å². The number of allylic oxidation sites excluding steroid dienone is 12. The van der Waals surface area contributed by atoms with E-state index in [0.29, 0.717) is 12.8 Å². The number of hydrogen-bond acceptors (Lipinski definition) is 5. The molecule has 0 aliphatic rings. The zero-order valence-electron chi connectivity index (χ0n) is 39.5. The maximum Gasteiger partial charge on any atom is 0.306 e. The van der Waals surface area contributed by atoms with Crippen LogP contribution in [-0.4, -0.2) is 36.4 Å². The van der Waals surface area contributed by atoms with Gasteiger partial charge in [-0.25, -0.2) is 0 Å². The molecule has 0 rings (SSSR count). The standard InChI is InChI=1S/C55H96O5/c1-3-5-7-9-11-13-15-16-17-18-19-20-21-22-23-24-25-26-27-28-29-30-31-32-33-34-35-36-37-38-40-42-44-46-48-50-55(58)60-53(51-56)52-59-54(57)49-47-45-43-41-39-14-12-10-8-6-4-2/h5,7,11,13,16-17,19-20,22-23,25-26,53,56H,3-4,6,8-10,12,14-15,18,21,24,27-52H2,1-2H3/b7-5-,13-11-,17-16-,20-19-,23-22-,26-25-. The summed E-state index contributed by atoms with van der Waals surface area (Å²) in [6.45, 7) is 4.03. The van der Waals surface area contributed by atoms with Crippen LogP contribution in [0.4, 0.5) is 0 Å². The van der Waals surface area contributed by atoms with Crippen molar-refractivity contribution in [3.05, 3.63) is 72.9 Å². The van der Waals surface area contributed by atoms with E-state index in [9.17, 15) is 14.7 Å². The first-order chi connectivity index (χ1) is 29.6. The Morgan fingerprint density at radius 3 is 1.08 bits per heavy atom. The number of carbonyl (C=O) groups excluding carboxylic acids is 2. The summed E-state index contributed by atoms with van der Waals surface area (Å²) in [5.74, 6) is -0.585. The topological polar surface area (TPSA) is 72.8 Å². The molecule has 0 aliphatic heterocycles. The summed E-state index contributed by atoms with van der Waals surface area (Å²) in [4.78, 5) is 24.3. The minimum atomic E-state index is -0.770. The van der Waals surface area contributed by atoms with Crippen LogP contribution >= 0.6 is 0 Å². The highest BCUT2D eigenvalue weighted by atomic mass is 16.6. The lowest BCUT2D eigenvalue weighted by Gasteiger charge is -2.15. The van der Waals surface area contributed by atoms with Gasteiger partial charge >= 0.3 is 11.9 Å². The number of carbonyl (C=O) groups is 2. The molecule has 1 atom stereocenters. The molecule has 0 radical (unpaired) electrons. The fraction of sp³-hybridized carbons (Fsp3) is 0.745. The Morgan fingerprint density at radius 2 is 0.717 bits per heavy atom. The van der Waals surface area contributed by atoms with Gasteiger partial charge in [0.05, 0.1) is 6.61 Å². The molecule has 346 valence electrons. The van der Waals surface area contributed by atoms with Gasteiger partial charge in [-0.15, -0.1) is 0 Å². The van der Waals surface area contributed by atoms with E-state index in [4.69, 9.17) is 9.47 Å². The van der Waals surface area contributed by atoms with E-state index in [1.54, 1.807) is 0 Å². The molecule has 5 heteroatoms. The Bertz CT molecular complexity index is 1080. The lowest BCUT2D eigenvalue weighted by molar-refractivity contribution is -0.161. The summed E-state index contributed by atoms with van der Waals surface area (Å²) in [5.41, 5.74) is 0. The molecule has 0 aromatic carbocycles. The van der Waals surface area contributed by atoms with Crippen LogP contribution in [0.5, 0.6) is 0 Å². The summed E-state index contributed by atoms with van der Waals surface area (Å²) in [5, 5.41) is 9.59. The van der Waals surface area contributed by atoms with Crippen LogP contribution in [0.15, 0.2) is 72.9 Å². The van der Waals surface area contributed by atoms with E-state index in [1.165, 1.54) is 141 Å². The molecule has 0 aromatic rings. The lowest BCUT2D eigenvalue weighted by Crippen LogP contribution is -2.28. The number of ether oxygens (including phenoxy) is 2. The third-order valence-electron chi connectivity index (χ3n) is 11.0. The van der Waals surface area contributed by atoms with Gasteiger partial charge in [0, 0.05) is 12.8 Å². The smallest absolute Gasteiger partial charge is 0.306 e. The molecule has 0 saturated heterocycles. The van der Waals surface area contributed by atoms with Gasteiger partial charge in [0.15, 0.2) is 6.10 Å². The van der Waals surface area contributed by atoms with Crippen molar-refractivity contribution >= 4 is 11.9 Å². The zero-order valence-corrected chi connectivity index (χ0v) is 39.5. The molecule has 1 N–H and O–H groups in total. The Labute approximate surface area is 372 Å². The molecule has 0 aliphatic carbocycles. The second-order valence-electron chi connectivity index (χ2n) is 16.9. The molecular formula is C55H96O5. The van der Waals surface area contributed by atoms with Gasteiger partial charge in [-0.3, -0.25) is 9.59 Å². The molecule has 0 saturated carbocycles. The second-order valence-corrected chi connectivity index (χ2v) is 16.9.